The van der Waals surface area contributed by atoms with Crippen molar-refractivity contribution >= 4 is 5.91 Å². The van der Waals surface area contributed by atoms with Gasteiger partial charge in [0.1, 0.15) is 24.6 Å². The third kappa shape index (κ3) is 6.72. The number of nitrogens with one attached hydrogen (secondary N) is 1. The molecule has 1 aliphatic rings. The van der Waals surface area contributed by atoms with E-state index in [9.17, 15) is 9.18 Å². The van der Waals surface area contributed by atoms with Crippen LogP contribution in [0.2, 0.25) is 0 Å². The molecule has 186 valence electrons. The molecule has 0 unspecified atom stereocenters. The maximum atomic E-state index is 14.0. The van der Waals surface area contributed by atoms with Gasteiger partial charge in [0.25, 0.3) is 0 Å². The van der Waals surface area contributed by atoms with E-state index >= 15 is 0 Å². The number of piperidine rings is 1. The van der Waals surface area contributed by atoms with E-state index in [0.29, 0.717) is 56.3 Å². The molecule has 3 aromatic rings. The molecule has 4 rings (SSSR count). The molecular formula is C26H31FN4O4. The number of aromatic nitrogens is 2. The number of nitrogens with zero attached hydrogens (tertiary/aromatic N) is 3. The molecule has 35 heavy (non-hydrogen) atoms. The fraction of sp³-hybridized carbons (Fsp3) is 0.423. The van der Waals surface area contributed by atoms with E-state index in [1.54, 1.807) is 13.2 Å². The number of hydrogen-bond donors (Lipinski definition) is 1. The van der Waals surface area contributed by atoms with Gasteiger partial charge >= 0.3 is 0 Å². The highest BCUT2D eigenvalue weighted by atomic mass is 19.1. The highest BCUT2D eigenvalue weighted by molar-refractivity contribution is 5.78. The highest BCUT2D eigenvalue weighted by Gasteiger charge is 2.42. The molecule has 0 saturated carbocycles. The van der Waals surface area contributed by atoms with Crippen LogP contribution >= 0.6 is 0 Å². The van der Waals surface area contributed by atoms with Crippen LogP contribution in [0.5, 0.6) is 0 Å². The summed E-state index contributed by atoms with van der Waals surface area (Å²) in [5.41, 5.74) is 0.911. The molecule has 1 amide bonds. The van der Waals surface area contributed by atoms with Crippen LogP contribution < -0.4 is 5.32 Å². The topological polar surface area (TPSA) is 89.7 Å². The summed E-state index contributed by atoms with van der Waals surface area (Å²) < 4.78 is 30.6. The number of rotatable bonds is 11. The minimum atomic E-state index is -0.791. The largest absolute Gasteiger partial charge is 0.420 e. The molecule has 1 N–H and O–H groups in total. The summed E-state index contributed by atoms with van der Waals surface area (Å²) in [7, 11) is 1.56. The number of carbonyl (C=O) groups excluding carboxylic acids is 1. The van der Waals surface area contributed by atoms with Crippen LogP contribution in [0.3, 0.4) is 0 Å². The molecule has 0 radical (unpaired) electrons. The van der Waals surface area contributed by atoms with Crippen molar-refractivity contribution in [1.82, 2.24) is 20.4 Å². The molecule has 2 heterocycles. The van der Waals surface area contributed by atoms with E-state index in [0.717, 1.165) is 12.1 Å². The summed E-state index contributed by atoms with van der Waals surface area (Å²) >= 11 is 0. The van der Waals surface area contributed by atoms with Gasteiger partial charge in [0.15, 0.2) is 0 Å². The van der Waals surface area contributed by atoms with Crippen LogP contribution in [-0.4, -0.2) is 54.4 Å². The summed E-state index contributed by atoms with van der Waals surface area (Å²) in [6.07, 6.45) is 1.80. The molecule has 0 spiro atoms. The molecule has 9 heteroatoms. The Balaban J connectivity index is 1.37. The SMILES string of the molecule is COCc1nnc(C2(NC(=O)COCc3ccccc3)CCN(CCc3ccccc3F)CC2)o1. The van der Waals surface area contributed by atoms with Crippen molar-refractivity contribution in [2.45, 2.75) is 38.0 Å². The number of methoxy groups -OCH3 is 1. The summed E-state index contributed by atoms with van der Waals surface area (Å²) in [4.78, 5) is 15.1. The van der Waals surface area contributed by atoms with Crippen LogP contribution in [-0.2, 0) is 39.4 Å². The van der Waals surface area contributed by atoms with Crippen LogP contribution in [0, 0.1) is 5.82 Å². The second-order valence-corrected chi connectivity index (χ2v) is 8.73. The first-order valence-electron chi connectivity index (χ1n) is 11.8. The van der Waals surface area contributed by atoms with E-state index in [1.807, 2.05) is 42.5 Å². The Hall–Kier alpha value is -3.14. The van der Waals surface area contributed by atoms with E-state index in [2.05, 4.69) is 20.4 Å². The molecule has 2 aromatic carbocycles. The standard InChI is InChI=1S/C26H31FN4O4/c1-33-19-24-29-30-25(35-24)26(28-23(32)18-34-17-20-7-3-2-4-8-20)12-15-31(16-13-26)14-11-21-9-5-6-10-22(21)27/h2-10H,11-19H2,1H3,(H,28,32). The fourth-order valence-corrected chi connectivity index (χ4v) is 4.30. The van der Waals surface area contributed by atoms with Crippen LogP contribution in [0.15, 0.2) is 59.0 Å². The van der Waals surface area contributed by atoms with Gasteiger partial charge < -0.3 is 24.1 Å². The van der Waals surface area contributed by atoms with Gasteiger partial charge in [-0.3, -0.25) is 4.79 Å². The lowest BCUT2D eigenvalue weighted by Gasteiger charge is -2.40. The van der Waals surface area contributed by atoms with E-state index in [-0.39, 0.29) is 24.9 Å². The number of amides is 1. The number of ether oxygens (including phenoxy) is 2. The molecule has 1 aliphatic heterocycles. The predicted molar refractivity (Wildman–Crippen MR) is 127 cm³/mol. The third-order valence-corrected chi connectivity index (χ3v) is 6.23. The Labute approximate surface area is 204 Å². The van der Waals surface area contributed by atoms with E-state index < -0.39 is 5.54 Å². The first-order valence-corrected chi connectivity index (χ1v) is 11.8. The van der Waals surface area contributed by atoms with Gasteiger partial charge in [0.05, 0.1) is 6.61 Å². The maximum absolute atomic E-state index is 14.0. The van der Waals surface area contributed by atoms with Crippen molar-refractivity contribution in [2.24, 2.45) is 0 Å². The normalized spacial score (nSPS) is 15.7. The molecular weight excluding hydrogens is 451 g/mol. The summed E-state index contributed by atoms with van der Waals surface area (Å²) in [5, 5.41) is 11.4. The quantitative estimate of drug-likeness (QED) is 0.449. The Kier molecular flexibility index (Phi) is 8.57. The van der Waals surface area contributed by atoms with Crippen molar-refractivity contribution in [3.8, 4) is 0 Å². The minimum absolute atomic E-state index is 0.0767. The Morgan fingerprint density at radius 1 is 1.09 bits per heavy atom. The summed E-state index contributed by atoms with van der Waals surface area (Å²) in [6.45, 7) is 2.59. The third-order valence-electron chi connectivity index (χ3n) is 6.23. The lowest BCUT2D eigenvalue weighted by molar-refractivity contribution is -0.129. The Morgan fingerprint density at radius 3 is 2.57 bits per heavy atom. The number of carbonyl (C=O) groups is 1. The predicted octanol–water partition coefficient (Wildman–Crippen LogP) is 3.22. The highest BCUT2D eigenvalue weighted by Crippen LogP contribution is 2.32. The molecule has 1 saturated heterocycles. The summed E-state index contributed by atoms with van der Waals surface area (Å²) in [5.74, 6) is 0.304. The van der Waals surface area contributed by atoms with Gasteiger partial charge in [-0.05, 0) is 36.5 Å². The van der Waals surface area contributed by atoms with Crippen molar-refractivity contribution in [1.29, 1.82) is 0 Å². The van der Waals surface area contributed by atoms with E-state index in [4.69, 9.17) is 13.9 Å². The average molecular weight is 483 g/mol. The zero-order chi connectivity index (χ0) is 24.5. The lowest BCUT2D eigenvalue weighted by Crippen LogP contribution is -2.54. The minimum Gasteiger partial charge on any atom is -0.420 e. The van der Waals surface area contributed by atoms with Gasteiger partial charge in [0, 0.05) is 26.7 Å². The van der Waals surface area contributed by atoms with Gasteiger partial charge in [0.2, 0.25) is 17.7 Å². The zero-order valence-corrected chi connectivity index (χ0v) is 19.9. The molecule has 0 aliphatic carbocycles. The average Bonchev–Trinajstić information content (AvgIpc) is 3.35. The first-order chi connectivity index (χ1) is 17.1. The second-order valence-electron chi connectivity index (χ2n) is 8.73. The van der Waals surface area contributed by atoms with Crippen molar-refractivity contribution < 1.29 is 23.1 Å². The fourth-order valence-electron chi connectivity index (χ4n) is 4.30. The number of hydrogen-bond acceptors (Lipinski definition) is 7. The maximum Gasteiger partial charge on any atom is 0.246 e. The van der Waals surface area contributed by atoms with Crippen molar-refractivity contribution in [3.05, 3.63) is 83.3 Å². The van der Waals surface area contributed by atoms with E-state index in [1.165, 1.54) is 6.07 Å². The Morgan fingerprint density at radius 2 is 1.83 bits per heavy atom. The molecule has 8 nitrogen and oxygen atoms in total. The van der Waals surface area contributed by atoms with Gasteiger partial charge in [-0.1, -0.05) is 48.5 Å². The van der Waals surface area contributed by atoms with Gasteiger partial charge in [-0.15, -0.1) is 10.2 Å². The number of likely N-dealkylation sites (tertiary alicyclic amines) is 1. The molecule has 0 bridgehead atoms. The molecule has 1 fully saturated rings. The monoisotopic (exact) mass is 482 g/mol. The van der Waals surface area contributed by atoms with Crippen LogP contribution in [0.4, 0.5) is 4.39 Å². The zero-order valence-electron chi connectivity index (χ0n) is 19.9. The van der Waals surface area contributed by atoms with Gasteiger partial charge in [-0.2, -0.15) is 0 Å². The molecule has 1 aromatic heterocycles. The number of benzene rings is 2. The van der Waals surface area contributed by atoms with Crippen molar-refractivity contribution in [2.75, 3.05) is 33.4 Å². The smallest absolute Gasteiger partial charge is 0.246 e. The second kappa shape index (κ2) is 12.0. The Bertz CT molecular complexity index is 1080. The van der Waals surface area contributed by atoms with Crippen LogP contribution in [0.25, 0.3) is 0 Å². The van der Waals surface area contributed by atoms with Gasteiger partial charge in [-0.25, -0.2) is 4.39 Å². The first kappa shape index (κ1) is 25.0. The molecule has 0 atom stereocenters. The van der Waals surface area contributed by atoms with Crippen molar-refractivity contribution in [3.63, 3.8) is 0 Å². The summed E-state index contributed by atoms with van der Waals surface area (Å²) in [6, 6.07) is 16.5. The lowest BCUT2D eigenvalue weighted by atomic mass is 9.87. The van der Waals surface area contributed by atoms with Crippen LogP contribution in [0.1, 0.15) is 35.7 Å². The number of halogens is 1.